The fourth-order valence-corrected chi connectivity index (χ4v) is 3.22. The van der Waals surface area contributed by atoms with Crippen LogP contribution in [-0.4, -0.2) is 12.1 Å². The molecule has 1 aliphatic heterocycles. The molecule has 0 radical (unpaired) electrons. The summed E-state index contributed by atoms with van der Waals surface area (Å²) in [6.07, 6.45) is 3.93. The minimum absolute atomic E-state index is 0.347. The van der Waals surface area contributed by atoms with Gasteiger partial charge in [-0.15, -0.1) is 11.3 Å². The Morgan fingerprint density at radius 1 is 1.57 bits per heavy atom. The van der Waals surface area contributed by atoms with Crippen molar-refractivity contribution in [3.63, 3.8) is 0 Å². The highest BCUT2D eigenvalue weighted by Gasteiger charge is 2.27. The third-order valence-electron chi connectivity index (χ3n) is 3.03. The molecule has 1 unspecified atom stereocenters. The van der Waals surface area contributed by atoms with Crippen LogP contribution < -0.4 is 5.32 Å². The summed E-state index contributed by atoms with van der Waals surface area (Å²) < 4.78 is 0. The van der Waals surface area contributed by atoms with Crippen LogP contribution in [0.2, 0.25) is 0 Å². The number of rotatable bonds is 2. The highest BCUT2D eigenvalue weighted by Crippen LogP contribution is 2.27. The molecule has 2 heteroatoms. The van der Waals surface area contributed by atoms with Crippen LogP contribution in [0.3, 0.4) is 0 Å². The summed E-state index contributed by atoms with van der Waals surface area (Å²) in [6.45, 7) is 5.81. The van der Waals surface area contributed by atoms with E-state index in [1.165, 1.54) is 25.8 Å². The molecular formula is C12H19NS. The van der Waals surface area contributed by atoms with Gasteiger partial charge in [0, 0.05) is 10.4 Å². The summed E-state index contributed by atoms with van der Waals surface area (Å²) in [5.74, 6) is 0.880. The fourth-order valence-electron chi connectivity index (χ4n) is 2.40. The molecule has 1 aromatic rings. The lowest BCUT2D eigenvalue weighted by molar-refractivity contribution is 0.230. The Labute approximate surface area is 90.5 Å². The van der Waals surface area contributed by atoms with E-state index in [0.29, 0.717) is 5.54 Å². The van der Waals surface area contributed by atoms with E-state index in [9.17, 15) is 0 Å². The van der Waals surface area contributed by atoms with Crippen LogP contribution in [0, 0.1) is 5.92 Å². The van der Waals surface area contributed by atoms with Crippen molar-refractivity contribution in [1.82, 2.24) is 5.32 Å². The first-order valence-corrected chi connectivity index (χ1v) is 6.31. The zero-order chi connectivity index (χ0) is 10.0. The van der Waals surface area contributed by atoms with Crippen LogP contribution in [0.4, 0.5) is 0 Å². The van der Waals surface area contributed by atoms with Crippen molar-refractivity contribution in [3.05, 3.63) is 22.4 Å². The average molecular weight is 209 g/mol. The average Bonchev–Trinajstić information content (AvgIpc) is 2.54. The largest absolute Gasteiger partial charge is 0.312 e. The van der Waals surface area contributed by atoms with E-state index in [1.54, 1.807) is 4.88 Å². The maximum atomic E-state index is 3.57. The van der Waals surface area contributed by atoms with Crippen LogP contribution in [-0.2, 0) is 6.42 Å². The van der Waals surface area contributed by atoms with Gasteiger partial charge in [0.2, 0.25) is 0 Å². The predicted octanol–water partition coefficient (Wildman–Crippen LogP) is 3.07. The number of thiophene rings is 1. The molecule has 78 valence electrons. The number of piperidine rings is 1. The molecule has 1 aliphatic rings. The monoisotopic (exact) mass is 209 g/mol. The van der Waals surface area contributed by atoms with Gasteiger partial charge >= 0.3 is 0 Å². The van der Waals surface area contributed by atoms with Crippen LogP contribution in [0.1, 0.15) is 31.6 Å². The van der Waals surface area contributed by atoms with E-state index in [-0.39, 0.29) is 0 Å². The number of hydrogen-bond acceptors (Lipinski definition) is 2. The van der Waals surface area contributed by atoms with E-state index >= 15 is 0 Å². The Bertz CT molecular complexity index is 277. The van der Waals surface area contributed by atoms with Gasteiger partial charge in [0.15, 0.2) is 0 Å². The molecule has 0 saturated carbocycles. The van der Waals surface area contributed by atoms with Gasteiger partial charge in [-0.3, -0.25) is 0 Å². The molecule has 1 N–H and O–H groups in total. The van der Waals surface area contributed by atoms with E-state index < -0.39 is 0 Å². The molecule has 0 aromatic carbocycles. The maximum absolute atomic E-state index is 3.57. The molecule has 1 nitrogen and oxygen atoms in total. The lowest BCUT2D eigenvalue weighted by Gasteiger charge is -2.36. The van der Waals surface area contributed by atoms with Gasteiger partial charge in [-0.25, -0.2) is 0 Å². The molecule has 14 heavy (non-hydrogen) atoms. The zero-order valence-electron chi connectivity index (χ0n) is 9.05. The Morgan fingerprint density at radius 3 is 3.07 bits per heavy atom. The molecule has 2 heterocycles. The molecule has 2 rings (SSSR count). The summed E-state index contributed by atoms with van der Waals surface area (Å²) in [5.41, 5.74) is 0.347. The molecule has 0 amide bonds. The summed E-state index contributed by atoms with van der Waals surface area (Å²) in [7, 11) is 0. The first-order chi connectivity index (χ1) is 6.66. The highest BCUT2D eigenvalue weighted by atomic mass is 32.1. The summed E-state index contributed by atoms with van der Waals surface area (Å²) in [6, 6.07) is 4.42. The van der Waals surface area contributed by atoms with Crippen molar-refractivity contribution in [2.24, 2.45) is 5.92 Å². The van der Waals surface area contributed by atoms with Crippen LogP contribution >= 0.6 is 11.3 Å². The smallest absolute Gasteiger partial charge is 0.0127 e. The van der Waals surface area contributed by atoms with Crippen molar-refractivity contribution in [2.45, 2.75) is 38.6 Å². The van der Waals surface area contributed by atoms with Gasteiger partial charge in [0.25, 0.3) is 0 Å². The van der Waals surface area contributed by atoms with Crippen LogP contribution in [0.25, 0.3) is 0 Å². The summed E-state index contributed by atoms with van der Waals surface area (Å²) >= 11 is 1.90. The Balaban J connectivity index is 1.92. The van der Waals surface area contributed by atoms with Crippen molar-refractivity contribution in [2.75, 3.05) is 6.54 Å². The molecule has 0 bridgehead atoms. The van der Waals surface area contributed by atoms with Gasteiger partial charge in [0.05, 0.1) is 0 Å². The minimum atomic E-state index is 0.347. The van der Waals surface area contributed by atoms with E-state index in [4.69, 9.17) is 0 Å². The number of hydrogen-bond donors (Lipinski definition) is 1. The Hall–Kier alpha value is -0.340. The Kier molecular flexibility index (Phi) is 2.93. The molecule has 1 aromatic heterocycles. The van der Waals surface area contributed by atoms with Crippen molar-refractivity contribution < 1.29 is 0 Å². The molecular weight excluding hydrogens is 190 g/mol. The molecule has 1 saturated heterocycles. The van der Waals surface area contributed by atoms with Crippen LogP contribution in [0.15, 0.2) is 17.5 Å². The number of nitrogens with one attached hydrogen (secondary N) is 1. The van der Waals surface area contributed by atoms with E-state index in [0.717, 1.165) is 5.92 Å². The topological polar surface area (TPSA) is 12.0 Å². The fraction of sp³-hybridized carbons (Fsp3) is 0.667. The Morgan fingerprint density at radius 2 is 2.43 bits per heavy atom. The minimum Gasteiger partial charge on any atom is -0.312 e. The lowest BCUT2D eigenvalue weighted by Crippen LogP contribution is -2.46. The lowest BCUT2D eigenvalue weighted by atomic mass is 9.82. The maximum Gasteiger partial charge on any atom is 0.0127 e. The van der Waals surface area contributed by atoms with Gasteiger partial charge in [-0.1, -0.05) is 6.07 Å². The van der Waals surface area contributed by atoms with Gasteiger partial charge in [-0.05, 0) is 57.0 Å². The second kappa shape index (κ2) is 4.03. The van der Waals surface area contributed by atoms with Crippen molar-refractivity contribution in [1.29, 1.82) is 0 Å². The van der Waals surface area contributed by atoms with Crippen LogP contribution in [0.5, 0.6) is 0 Å². The van der Waals surface area contributed by atoms with Crippen molar-refractivity contribution in [3.8, 4) is 0 Å². The first kappa shape index (κ1) is 10.2. The molecule has 0 spiro atoms. The summed E-state index contributed by atoms with van der Waals surface area (Å²) in [4.78, 5) is 1.55. The standard InChI is InChI=1S/C12H19NS/c1-12(2)9-10(5-6-13-12)8-11-4-3-7-14-11/h3-4,7,10,13H,5-6,8-9H2,1-2H3. The van der Waals surface area contributed by atoms with Gasteiger partial charge < -0.3 is 5.32 Å². The molecule has 0 aliphatic carbocycles. The molecule has 1 atom stereocenters. The quantitative estimate of drug-likeness (QED) is 0.789. The third kappa shape index (κ3) is 2.58. The highest BCUT2D eigenvalue weighted by molar-refractivity contribution is 7.09. The van der Waals surface area contributed by atoms with Crippen molar-refractivity contribution >= 4 is 11.3 Å². The second-order valence-electron chi connectivity index (χ2n) is 4.95. The zero-order valence-corrected chi connectivity index (χ0v) is 9.86. The molecule has 1 fully saturated rings. The van der Waals surface area contributed by atoms with E-state index in [2.05, 4.69) is 36.7 Å². The predicted molar refractivity (Wildman–Crippen MR) is 62.8 cm³/mol. The summed E-state index contributed by atoms with van der Waals surface area (Å²) in [5, 5.41) is 5.75. The second-order valence-corrected chi connectivity index (χ2v) is 5.99. The SMILES string of the molecule is CC1(C)CC(Cc2cccs2)CCN1. The van der Waals surface area contributed by atoms with Gasteiger partial charge in [-0.2, -0.15) is 0 Å². The van der Waals surface area contributed by atoms with Gasteiger partial charge in [0.1, 0.15) is 0 Å². The normalized spacial score (nSPS) is 26.3. The third-order valence-corrected chi connectivity index (χ3v) is 3.92. The first-order valence-electron chi connectivity index (χ1n) is 5.43. The van der Waals surface area contributed by atoms with E-state index in [1.807, 2.05) is 11.3 Å².